The molecule has 3 heteroatoms. The molecule has 0 aliphatic carbocycles. The van der Waals surface area contributed by atoms with Crippen LogP contribution in [0.3, 0.4) is 0 Å². The van der Waals surface area contributed by atoms with E-state index in [4.69, 9.17) is 0 Å². The fourth-order valence-electron chi connectivity index (χ4n) is 3.26. The lowest BCUT2D eigenvalue weighted by atomic mass is 9.91. The number of aliphatic hydroxyl groups is 1. The zero-order valence-corrected chi connectivity index (χ0v) is 15.1. The lowest BCUT2D eigenvalue weighted by Gasteiger charge is -2.17. The van der Waals surface area contributed by atoms with Crippen molar-refractivity contribution in [1.82, 2.24) is 0 Å². The number of aliphatic hydroxyl groups excluding tert-OH is 1. The number of hydrogen-bond acceptors (Lipinski definition) is 3. The van der Waals surface area contributed by atoms with Crippen molar-refractivity contribution in [3.8, 4) is 0 Å². The predicted molar refractivity (Wildman–Crippen MR) is 104 cm³/mol. The van der Waals surface area contributed by atoms with Crippen LogP contribution in [0.15, 0.2) is 59.8 Å². The summed E-state index contributed by atoms with van der Waals surface area (Å²) in [5.74, 6) is 0. The average molecular weight is 339 g/mol. The number of benzene rings is 2. The zero-order chi connectivity index (χ0) is 17.9. The van der Waals surface area contributed by atoms with Crippen LogP contribution in [0.4, 0.5) is 0 Å². The van der Waals surface area contributed by atoms with E-state index in [1.807, 2.05) is 54.6 Å². The minimum Gasteiger partial charge on any atom is -0.393 e. The van der Waals surface area contributed by atoms with Gasteiger partial charge in [0.1, 0.15) is 6.04 Å². The number of unbranched alkanes of at least 4 members (excludes halogenated alkanes) is 4. The van der Waals surface area contributed by atoms with Crippen molar-refractivity contribution in [2.24, 2.45) is 5.18 Å². The largest absolute Gasteiger partial charge is 0.393 e. The van der Waals surface area contributed by atoms with Gasteiger partial charge in [-0.2, -0.15) is 0 Å². The van der Waals surface area contributed by atoms with Crippen LogP contribution in [0.1, 0.15) is 68.2 Å². The number of nitroso groups, excluding NO2 is 1. The Bertz CT molecular complexity index is 627. The highest BCUT2D eigenvalue weighted by atomic mass is 16.3. The standard InChI is InChI=1S/C22H29NO2/c1-2-3-4-5-9-15-20(24)17-19-14-10-11-16-21(19)22(23-25)18-12-7-6-8-13-18/h6-8,10-14,16,20,22,24H,2-5,9,15,17H2,1H3. The summed E-state index contributed by atoms with van der Waals surface area (Å²) in [5, 5.41) is 13.8. The summed E-state index contributed by atoms with van der Waals surface area (Å²) in [7, 11) is 0. The first-order valence-electron chi connectivity index (χ1n) is 9.39. The summed E-state index contributed by atoms with van der Waals surface area (Å²) < 4.78 is 0. The molecule has 2 aromatic rings. The van der Waals surface area contributed by atoms with E-state index >= 15 is 0 Å². The molecule has 134 valence electrons. The van der Waals surface area contributed by atoms with Crippen LogP contribution >= 0.6 is 0 Å². The lowest BCUT2D eigenvalue weighted by Crippen LogP contribution is -2.13. The maximum absolute atomic E-state index is 11.5. The van der Waals surface area contributed by atoms with Crippen LogP contribution in [0.25, 0.3) is 0 Å². The first kappa shape index (κ1) is 19.3. The molecule has 2 atom stereocenters. The van der Waals surface area contributed by atoms with Gasteiger partial charge in [-0.05, 0) is 29.5 Å². The Balaban J connectivity index is 2.03. The van der Waals surface area contributed by atoms with Gasteiger partial charge in [0.2, 0.25) is 0 Å². The molecule has 25 heavy (non-hydrogen) atoms. The molecule has 2 aromatic carbocycles. The van der Waals surface area contributed by atoms with Gasteiger partial charge in [0.05, 0.1) is 6.10 Å². The Kier molecular flexibility index (Phi) is 8.33. The molecule has 1 N–H and O–H groups in total. The average Bonchev–Trinajstić information content (AvgIpc) is 2.64. The summed E-state index contributed by atoms with van der Waals surface area (Å²) in [5.41, 5.74) is 2.80. The molecule has 0 fully saturated rings. The molecule has 3 nitrogen and oxygen atoms in total. The van der Waals surface area contributed by atoms with E-state index in [0.717, 1.165) is 29.5 Å². The molecule has 0 saturated carbocycles. The fourth-order valence-corrected chi connectivity index (χ4v) is 3.26. The molecule has 0 aliphatic heterocycles. The van der Waals surface area contributed by atoms with Gasteiger partial charge in [-0.1, -0.05) is 98.8 Å². The second-order valence-electron chi connectivity index (χ2n) is 6.68. The molecule has 0 aliphatic rings. The SMILES string of the molecule is CCCCCCCC(O)Cc1ccccc1C(N=O)c1ccccc1. The van der Waals surface area contributed by atoms with Crippen molar-refractivity contribution in [3.63, 3.8) is 0 Å². The van der Waals surface area contributed by atoms with Gasteiger partial charge in [-0.3, -0.25) is 0 Å². The zero-order valence-electron chi connectivity index (χ0n) is 15.1. The summed E-state index contributed by atoms with van der Waals surface area (Å²) in [6, 6.07) is 16.9. The summed E-state index contributed by atoms with van der Waals surface area (Å²) >= 11 is 0. The minimum absolute atomic E-state index is 0.370. The van der Waals surface area contributed by atoms with Gasteiger partial charge in [0.15, 0.2) is 0 Å². The van der Waals surface area contributed by atoms with E-state index in [2.05, 4.69) is 12.1 Å². The van der Waals surface area contributed by atoms with Gasteiger partial charge < -0.3 is 5.11 Å². The maximum Gasteiger partial charge on any atom is 0.142 e. The fraction of sp³-hybridized carbons (Fsp3) is 0.455. The van der Waals surface area contributed by atoms with E-state index in [1.54, 1.807) is 0 Å². The second kappa shape index (κ2) is 10.8. The Morgan fingerprint density at radius 2 is 1.60 bits per heavy atom. The van der Waals surface area contributed by atoms with Crippen molar-refractivity contribution in [1.29, 1.82) is 0 Å². The van der Waals surface area contributed by atoms with E-state index in [0.29, 0.717) is 6.42 Å². The maximum atomic E-state index is 11.5. The highest BCUT2D eigenvalue weighted by molar-refractivity contribution is 5.38. The van der Waals surface area contributed by atoms with Crippen molar-refractivity contribution >= 4 is 0 Å². The third-order valence-electron chi connectivity index (χ3n) is 4.67. The second-order valence-corrected chi connectivity index (χ2v) is 6.68. The Labute approximate surface area is 151 Å². The molecule has 0 bridgehead atoms. The van der Waals surface area contributed by atoms with Gasteiger partial charge in [-0.15, -0.1) is 4.91 Å². The Morgan fingerprint density at radius 3 is 2.32 bits per heavy atom. The van der Waals surface area contributed by atoms with Crippen molar-refractivity contribution in [2.75, 3.05) is 0 Å². The molecule has 2 rings (SSSR count). The van der Waals surface area contributed by atoms with E-state index in [-0.39, 0.29) is 6.10 Å². The number of rotatable bonds is 11. The van der Waals surface area contributed by atoms with Crippen LogP contribution in [0.5, 0.6) is 0 Å². The van der Waals surface area contributed by atoms with Crippen LogP contribution in [0, 0.1) is 4.91 Å². The molecule has 0 amide bonds. The molecule has 2 unspecified atom stereocenters. The molecule has 0 spiro atoms. The van der Waals surface area contributed by atoms with Crippen LogP contribution in [-0.2, 0) is 6.42 Å². The monoisotopic (exact) mass is 339 g/mol. The highest BCUT2D eigenvalue weighted by Crippen LogP contribution is 2.29. The molecule has 0 radical (unpaired) electrons. The summed E-state index contributed by atoms with van der Waals surface area (Å²) in [6.45, 7) is 2.20. The molecule has 0 saturated heterocycles. The molecule has 0 aromatic heterocycles. The van der Waals surface area contributed by atoms with Crippen LogP contribution < -0.4 is 0 Å². The first-order valence-corrected chi connectivity index (χ1v) is 9.39. The number of hydrogen-bond donors (Lipinski definition) is 1. The minimum atomic E-state index is -0.519. The van der Waals surface area contributed by atoms with Gasteiger partial charge in [0.25, 0.3) is 0 Å². The van der Waals surface area contributed by atoms with Gasteiger partial charge in [-0.25, -0.2) is 0 Å². The van der Waals surface area contributed by atoms with Gasteiger partial charge >= 0.3 is 0 Å². The van der Waals surface area contributed by atoms with Crippen LogP contribution in [-0.4, -0.2) is 11.2 Å². The molecular formula is C22H29NO2. The van der Waals surface area contributed by atoms with Crippen LogP contribution in [0.2, 0.25) is 0 Å². The Hall–Kier alpha value is -2.00. The number of nitrogens with zero attached hydrogens (tertiary/aromatic N) is 1. The van der Waals surface area contributed by atoms with Crippen molar-refractivity contribution in [2.45, 2.75) is 64.0 Å². The highest BCUT2D eigenvalue weighted by Gasteiger charge is 2.19. The predicted octanol–water partition coefficient (Wildman–Crippen LogP) is 5.81. The lowest BCUT2D eigenvalue weighted by molar-refractivity contribution is 0.160. The topological polar surface area (TPSA) is 49.7 Å². The summed E-state index contributed by atoms with van der Waals surface area (Å²) in [6.07, 6.45) is 6.98. The van der Waals surface area contributed by atoms with E-state index < -0.39 is 6.04 Å². The van der Waals surface area contributed by atoms with Crippen molar-refractivity contribution in [3.05, 3.63) is 76.2 Å². The summed E-state index contributed by atoms with van der Waals surface area (Å²) in [4.78, 5) is 11.5. The first-order chi connectivity index (χ1) is 12.3. The van der Waals surface area contributed by atoms with Gasteiger partial charge in [0, 0.05) is 0 Å². The Morgan fingerprint density at radius 1 is 0.920 bits per heavy atom. The van der Waals surface area contributed by atoms with Crippen molar-refractivity contribution < 1.29 is 5.11 Å². The van der Waals surface area contributed by atoms with E-state index in [9.17, 15) is 10.0 Å². The normalized spacial score (nSPS) is 13.4. The molecule has 0 heterocycles. The third-order valence-corrected chi connectivity index (χ3v) is 4.67. The smallest absolute Gasteiger partial charge is 0.142 e. The molecular weight excluding hydrogens is 310 g/mol. The van der Waals surface area contributed by atoms with E-state index in [1.165, 1.54) is 25.7 Å². The third kappa shape index (κ3) is 6.09. The quantitative estimate of drug-likeness (QED) is 0.415.